The number of rotatable bonds is 5. The van der Waals surface area contributed by atoms with Gasteiger partial charge in [0.1, 0.15) is 22.8 Å². The molecule has 9 heteroatoms. The Morgan fingerprint density at radius 3 is 2.44 bits per heavy atom. The third-order valence-corrected chi connectivity index (χ3v) is 4.82. The molecule has 0 unspecified atom stereocenters. The van der Waals surface area contributed by atoms with Crippen LogP contribution < -0.4 is 16.4 Å². The van der Waals surface area contributed by atoms with Crippen LogP contribution in [0.15, 0.2) is 24.4 Å². The van der Waals surface area contributed by atoms with E-state index in [4.69, 9.17) is 5.73 Å². The van der Waals surface area contributed by atoms with Crippen LogP contribution in [0.2, 0.25) is 0 Å². The van der Waals surface area contributed by atoms with Gasteiger partial charge in [0.15, 0.2) is 5.82 Å². The summed E-state index contributed by atoms with van der Waals surface area (Å²) in [5.74, 6) is -3.02. The Morgan fingerprint density at radius 1 is 1.15 bits per heavy atom. The topological polar surface area (TPSA) is 113 Å². The standard InChI is InChI=1S/C18H21F2N5O2/c19-13-2-1-3-14(20)15(13)18(27)24-16-12(9-22-25-16)17(26)23-11-6-4-10(8-21)5-7-11/h1-3,9-11H,4-8,21H2,(H,23,26)(H2,22,24,25,27)/t10-,11-. The molecule has 7 nitrogen and oxygen atoms in total. The second-order valence-corrected chi connectivity index (χ2v) is 6.63. The van der Waals surface area contributed by atoms with E-state index < -0.39 is 29.0 Å². The number of carbonyl (C=O) groups is 2. The van der Waals surface area contributed by atoms with Gasteiger partial charge in [-0.05, 0) is 50.3 Å². The molecule has 5 N–H and O–H groups in total. The van der Waals surface area contributed by atoms with Gasteiger partial charge in [0.25, 0.3) is 11.8 Å². The summed E-state index contributed by atoms with van der Waals surface area (Å²) in [5.41, 5.74) is 5.04. The first-order valence-corrected chi connectivity index (χ1v) is 8.79. The van der Waals surface area contributed by atoms with E-state index in [1.54, 1.807) is 0 Å². The molecule has 1 aliphatic rings. The number of carbonyl (C=O) groups excluding carboxylic acids is 2. The summed E-state index contributed by atoms with van der Waals surface area (Å²) >= 11 is 0. The number of hydrogen-bond acceptors (Lipinski definition) is 4. The van der Waals surface area contributed by atoms with Crippen molar-refractivity contribution in [3.63, 3.8) is 0 Å². The molecule has 144 valence electrons. The van der Waals surface area contributed by atoms with Crippen LogP contribution in [-0.4, -0.2) is 34.6 Å². The second kappa shape index (κ2) is 8.26. The van der Waals surface area contributed by atoms with Crippen molar-refractivity contribution in [2.45, 2.75) is 31.7 Å². The molecule has 0 saturated heterocycles. The maximum atomic E-state index is 13.7. The number of nitrogens with two attached hydrogens (primary N) is 1. The summed E-state index contributed by atoms with van der Waals surface area (Å²) in [7, 11) is 0. The van der Waals surface area contributed by atoms with E-state index in [0.717, 1.165) is 43.9 Å². The Morgan fingerprint density at radius 2 is 1.81 bits per heavy atom. The lowest BCUT2D eigenvalue weighted by atomic mass is 9.86. The lowest BCUT2D eigenvalue weighted by molar-refractivity contribution is 0.0923. The van der Waals surface area contributed by atoms with Gasteiger partial charge in [0.2, 0.25) is 0 Å². The fourth-order valence-electron chi connectivity index (χ4n) is 3.25. The molecule has 27 heavy (non-hydrogen) atoms. The predicted octanol–water partition coefficient (Wildman–Crippen LogP) is 2.19. The Balaban J connectivity index is 1.67. The highest BCUT2D eigenvalue weighted by molar-refractivity contribution is 6.08. The first-order valence-electron chi connectivity index (χ1n) is 8.79. The number of aromatic nitrogens is 2. The number of anilines is 1. The van der Waals surface area contributed by atoms with Gasteiger partial charge in [0.05, 0.1) is 0 Å². The molecule has 1 aliphatic carbocycles. The maximum Gasteiger partial charge on any atom is 0.262 e. The molecule has 1 heterocycles. The molecule has 0 radical (unpaired) electrons. The molecule has 1 fully saturated rings. The first-order chi connectivity index (χ1) is 13.0. The van der Waals surface area contributed by atoms with E-state index in [0.29, 0.717) is 12.5 Å². The summed E-state index contributed by atoms with van der Waals surface area (Å²) < 4.78 is 27.5. The fourth-order valence-corrected chi connectivity index (χ4v) is 3.25. The number of halogens is 2. The third-order valence-electron chi connectivity index (χ3n) is 4.82. The summed E-state index contributed by atoms with van der Waals surface area (Å²) in [4.78, 5) is 24.7. The lowest BCUT2D eigenvalue weighted by Gasteiger charge is -2.28. The van der Waals surface area contributed by atoms with Crippen molar-refractivity contribution < 1.29 is 18.4 Å². The molecule has 0 aliphatic heterocycles. The maximum absolute atomic E-state index is 13.7. The first kappa shape index (κ1) is 19.0. The number of benzene rings is 1. The molecular formula is C18H21F2N5O2. The number of H-pyrrole nitrogens is 1. The van der Waals surface area contributed by atoms with Gasteiger partial charge in [0, 0.05) is 12.2 Å². The van der Waals surface area contributed by atoms with Gasteiger partial charge in [-0.25, -0.2) is 8.78 Å². The highest BCUT2D eigenvalue weighted by atomic mass is 19.1. The van der Waals surface area contributed by atoms with Crippen molar-refractivity contribution in [1.29, 1.82) is 0 Å². The molecule has 2 aromatic rings. The van der Waals surface area contributed by atoms with Crippen LogP contribution in [0, 0.1) is 17.6 Å². The van der Waals surface area contributed by atoms with Crippen LogP contribution in [0.1, 0.15) is 46.4 Å². The molecule has 1 saturated carbocycles. The normalized spacial score (nSPS) is 19.5. The predicted molar refractivity (Wildman–Crippen MR) is 95.2 cm³/mol. The van der Waals surface area contributed by atoms with E-state index >= 15 is 0 Å². The monoisotopic (exact) mass is 377 g/mol. The average molecular weight is 377 g/mol. The van der Waals surface area contributed by atoms with Crippen molar-refractivity contribution in [1.82, 2.24) is 15.5 Å². The van der Waals surface area contributed by atoms with E-state index in [2.05, 4.69) is 20.8 Å². The minimum atomic E-state index is -1.02. The summed E-state index contributed by atoms with van der Waals surface area (Å²) in [5, 5.41) is 11.5. The van der Waals surface area contributed by atoms with E-state index in [1.165, 1.54) is 6.20 Å². The fraction of sp³-hybridized carbons (Fsp3) is 0.389. The Kier molecular flexibility index (Phi) is 5.80. The second-order valence-electron chi connectivity index (χ2n) is 6.63. The molecule has 1 aromatic heterocycles. The average Bonchev–Trinajstić information content (AvgIpc) is 3.10. The molecule has 1 aromatic carbocycles. The van der Waals surface area contributed by atoms with Crippen molar-refractivity contribution in [2.75, 3.05) is 11.9 Å². The van der Waals surface area contributed by atoms with Crippen molar-refractivity contribution in [3.05, 3.63) is 47.2 Å². The van der Waals surface area contributed by atoms with Gasteiger partial charge >= 0.3 is 0 Å². The Bertz CT molecular complexity index is 811. The summed E-state index contributed by atoms with van der Waals surface area (Å²) in [6.45, 7) is 0.644. The molecular weight excluding hydrogens is 356 g/mol. The summed E-state index contributed by atoms with van der Waals surface area (Å²) in [6, 6.07) is 3.14. The van der Waals surface area contributed by atoms with E-state index in [1.807, 2.05) is 0 Å². The molecule has 3 rings (SSSR count). The minimum Gasteiger partial charge on any atom is -0.349 e. The largest absolute Gasteiger partial charge is 0.349 e. The number of nitrogens with zero attached hydrogens (tertiary/aromatic N) is 1. The van der Waals surface area contributed by atoms with Gasteiger partial charge in [-0.1, -0.05) is 6.07 Å². The zero-order valence-electron chi connectivity index (χ0n) is 14.6. The van der Waals surface area contributed by atoms with Gasteiger partial charge in [-0.3, -0.25) is 14.7 Å². The van der Waals surface area contributed by atoms with Crippen LogP contribution in [-0.2, 0) is 0 Å². The molecule has 2 amide bonds. The highest BCUT2D eigenvalue weighted by Gasteiger charge is 2.25. The zero-order chi connectivity index (χ0) is 19.4. The quantitative estimate of drug-likeness (QED) is 0.640. The lowest BCUT2D eigenvalue weighted by Crippen LogP contribution is -2.38. The van der Waals surface area contributed by atoms with Crippen LogP contribution in [0.4, 0.5) is 14.6 Å². The van der Waals surface area contributed by atoms with Gasteiger partial charge in [-0.15, -0.1) is 0 Å². The van der Waals surface area contributed by atoms with Crippen LogP contribution in [0.25, 0.3) is 0 Å². The SMILES string of the molecule is NC[C@H]1CC[C@H](NC(=O)c2c[nH]nc2NC(=O)c2c(F)cccc2F)CC1. The van der Waals surface area contributed by atoms with Crippen molar-refractivity contribution >= 4 is 17.6 Å². The van der Waals surface area contributed by atoms with Crippen LogP contribution in [0.3, 0.4) is 0 Å². The van der Waals surface area contributed by atoms with Crippen molar-refractivity contribution in [2.24, 2.45) is 11.7 Å². The number of aromatic amines is 1. The number of hydrogen-bond donors (Lipinski definition) is 4. The molecule has 0 atom stereocenters. The van der Waals surface area contributed by atoms with Crippen LogP contribution in [0.5, 0.6) is 0 Å². The minimum absolute atomic E-state index is 0.0164. The molecule has 0 bridgehead atoms. The van der Waals surface area contributed by atoms with E-state index in [9.17, 15) is 18.4 Å². The smallest absolute Gasteiger partial charge is 0.262 e. The Hall–Kier alpha value is -2.81. The van der Waals surface area contributed by atoms with Crippen molar-refractivity contribution in [3.8, 4) is 0 Å². The van der Waals surface area contributed by atoms with Gasteiger partial charge < -0.3 is 16.4 Å². The molecule has 0 spiro atoms. The number of nitrogens with one attached hydrogen (secondary N) is 3. The van der Waals surface area contributed by atoms with E-state index in [-0.39, 0.29) is 17.4 Å². The summed E-state index contributed by atoms with van der Waals surface area (Å²) in [6.07, 6.45) is 4.88. The number of amides is 2. The van der Waals surface area contributed by atoms with Crippen LogP contribution >= 0.6 is 0 Å². The zero-order valence-corrected chi connectivity index (χ0v) is 14.6. The highest BCUT2D eigenvalue weighted by Crippen LogP contribution is 2.24. The van der Waals surface area contributed by atoms with Gasteiger partial charge in [-0.2, -0.15) is 5.10 Å². The Labute approximate surface area is 154 Å². The third kappa shape index (κ3) is 4.30.